The van der Waals surface area contributed by atoms with Crippen molar-refractivity contribution in [3.63, 3.8) is 0 Å². The molecule has 1 aromatic carbocycles. The molecule has 2 atom stereocenters. The van der Waals surface area contributed by atoms with E-state index in [4.69, 9.17) is 10.5 Å². The lowest BCUT2D eigenvalue weighted by atomic mass is 9.92. The molecule has 0 saturated carbocycles. The fourth-order valence-corrected chi connectivity index (χ4v) is 2.02. The summed E-state index contributed by atoms with van der Waals surface area (Å²) in [7, 11) is 0. The molecule has 1 aromatic rings. The molecule has 3 N–H and O–H groups in total. The molecule has 1 heterocycles. The van der Waals surface area contributed by atoms with Crippen LogP contribution in [0.2, 0.25) is 0 Å². The number of nitrogens with one attached hydrogen (secondary N) is 1. The number of rotatable bonds is 3. The molecule has 0 radical (unpaired) electrons. The van der Waals surface area contributed by atoms with Crippen LogP contribution in [0.25, 0.3) is 0 Å². The Hall–Kier alpha value is -1.26. The number of nitrogens with two attached hydrogens (primary N) is 1. The summed E-state index contributed by atoms with van der Waals surface area (Å²) < 4.78 is 5.53. The highest BCUT2D eigenvalue weighted by molar-refractivity contribution is 5.85. The number of ether oxygens (including phenoxy) is 1. The topological polar surface area (TPSA) is 64.3 Å². The zero-order valence-electron chi connectivity index (χ0n) is 10.4. The maximum Gasteiger partial charge on any atom is 0.228 e. The van der Waals surface area contributed by atoms with E-state index in [0.717, 1.165) is 17.7 Å². The zero-order valence-corrected chi connectivity index (χ0v) is 11.2. The van der Waals surface area contributed by atoms with Gasteiger partial charge in [-0.2, -0.15) is 0 Å². The van der Waals surface area contributed by atoms with Crippen LogP contribution in [0.4, 0.5) is 0 Å². The van der Waals surface area contributed by atoms with E-state index >= 15 is 0 Å². The summed E-state index contributed by atoms with van der Waals surface area (Å²) in [5.74, 6) is 0.743. The van der Waals surface area contributed by atoms with Crippen LogP contribution in [-0.4, -0.2) is 25.1 Å². The van der Waals surface area contributed by atoms with Crippen LogP contribution in [0, 0.1) is 0 Å². The van der Waals surface area contributed by atoms with Crippen LogP contribution in [0.15, 0.2) is 24.3 Å². The molecule has 0 bridgehead atoms. The summed E-state index contributed by atoms with van der Waals surface area (Å²) in [6.45, 7) is 2.95. The van der Waals surface area contributed by atoms with Crippen molar-refractivity contribution in [2.45, 2.75) is 25.3 Å². The lowest BCUT2D eigenvalue weighted by molar-refractivity contribution is -0.123. The quantitative estimate of drug-likeness (QED) is 0.874. The van der Waals surface area contributed by atoms with Crippen LogP contribution in [0.1, 0.15) is 24.8 Å². The van der Waals surface area contributed by atoms with Gasteiger partial charge in [-0.1, -0.05) is 18.2 Å². The van der Waals surface area contributed by atoms with Crippen LogP contribution in [-0.2, 0) is 4.79 Å². The van der Waals surface area contributed by atoms with Gasteiger partial charge in [0.05, 0.1) is 12.5 Å². The van der Waals surface area contributed by atoms with Crippen molar-refractivity contribution in [2.24, 2.45) is 5.73 Å². The first kappa shape index (κ1) is 14.8. The van der Waals surface area contributed by atoms with Gasteiger partial charge in [-0.05, 0) is 19.4 Å². The summed E-state index contributed by atoms with van der Waals surface area (Å²) in [6.07, 6.45) is 0.722. The van der Waals surface area contributed by atoms with Gasteiger partial charge in [-0.3, -0.25) is 4.79 Å². The predicted molar refractivity (Wildman–Crippen MR) is 73.2 cm³/mol. The number of hydrogen-bond donors (Lipinski definition) is 2. The first-order valence-corrected chi connectivity index (χ1v) is 5.94. The molecular weight excluding hydrogens is 252 g/mol. The molecule has 100 valence electrons. The smallest absolute Gasteiger partial charge is 0.228 e. The van der Waals surface area contributed by atoms with Gasteiger partial charge in [-0.15, -0.1) is 12.4 Å². The number of para-hydroxylation sites is 1. The maximum atomic E-state index is 12.1. The minimum absolute atomic E-state index is 0. The highest BCUT2D eigenvalue weighted by Gasteiger charge is 2.27. The first-order chi connectivity index (χ1) is 8.22. The van der Waals surface area contributed by atoms with Crippen LogP contribution in [0.3, 0.4) is 0 Å². The normalized spacial score (nSPS) is 18.9. The van der Waals surface area contributed by atoms with Crippen LogP contribution >= 0.6 is 12.4 Å². The van der Waals surface area contributed by atoms with Gasteiger partial charge in [0.15, 0.2) is 0 Å². The molecule has 0 fully saturated rings. The molecular formula is C13H19ClN2O2. The van der Waals surface area contributed by atoms with Crippen molar-refractivity contribution in [1.29, 1.82) is 0 Å². The van der Waals surface area contributed by atoms with E-state index < -0.39 is 0 Å². The summed E-state index contributed by atoms with van der Waals surface area (Å²) in [4.78, 5) is 12.1. The van der Waals surface area contributed by atoms with Crippen molar-refractivity contribution in [3.05, 3.63) is 29.8 Å². The second kappa shape index (κ2) is 6.61. The van der Waals surface area contributed by atoms with E-state index in [-0.39, 0.29) is 30.3 Å². The Morgan fingerprint density at radius 2 is 2.28 bits per heavy atom. The summed E-state index contributed by atoms with van der Waals surface area (Å²) >= 11 is 0. The molecule has 4 nitrogen and oxygen atoms in total. The molecule has 1 unspecified atom stereocenters. The molecule has 2 rings (SSSR count). The van der Waals surface area contributed by atoms with E-state index in [9.17, 15) is 4.79 Å². The zero-order chi connectivity index (χ0) is 12.3. The average molecular weight is 271 g/mol. The fourth-order valence-electron chi connectivity index (χ4n) is 2.02. The third-order valence-electron chi connectivity index (χ3n) is 3.02. The van der Waals surface area contributed by atoms with Crippen molar-refractivity contribution in [2.75, 3.05) is 13.2 Å². The number of amides is 1. The van der Waals surface area contributed by atoms with Crippen LogP contribution < -0.4 is 15.8 Å². The van der Waals surface area contributed by atoms with Gasteiger partial charge >= 0.3 is 0 Å². The Bertz CT molecular complexity index is 412. The van der Waals surface area contributed by atoms with Gasteiger partial charge < -0.3 is 15.8 Å². The highest BCUT2D eigenvalue weighted by atomic mass is 35.5. The van der Waals surface area contributed by atoms with Crippen molar-refractivity contribution in [3.8, 4) is 5.75 Å². The van der Waals surface area contributed by atoms with E-state index in [2.05, 4.69) is 5.32 Å². The SMILES string of the molecule is C[C@@H](CN)NC(=O)C1CCOc2ccccc21.Cl. The monoisotopic (exact) mass is 270 g/mol. The minimum Gasteiger partial charge on any atom is -0.493 e. The molecule has 1 aliphatic rings. The lowest BCUT2D eigenvalue weighted by Crippen LogP contribution is -2.41. The number of halogens is 1. The standard InChI is InChI=1S/C13H18N2O2.ClH/c1-9(8-14)15-13(16)11-6-7-17-12-5-3-2-4-10(11)12;/h2-5,9,11H,6-8,14H2,1H3,(H,15,16);1H/t9-,11?;/m0./s1. The Morgan fingerprint density at radius 1 is 1.56 bits per heavy atom. The van der Waals surface area contributed by atoms with E-state index in [1.165, 1.54) is 0 Å². The Labute approximate surface area is 113 Å². The molecule has 5 heteroatoms. The highest BCUT2D eigenvalue weighted by Crippen LogP contribution is 2.33. The number of benzene rings is 1. The Balaban J connectivity index is 0.00000162. The molecule has 1 aliphatic heterocycles. The van der Waals surface area contributed by atoms with E-state index in [1.807, 2.05) is 31.2 Å². The van der Waals surface area contributed by atoms with Gasteiger partial charge in [0.2, 0.25) is 5.91 Å². The number of hydrogen-bond acceptors (Lipinski definition) is 3. The number of fused-ring (bicyclic) bond motifs is 1. The third kappa shape index (κ3) is 3.15. The minimum atomic E-state index is -0.117. The summed E-state index contributed by atoms with van der Waals surface area (Å²) in [6, 6.07) is 7.71. The predicted octanol–water partition coefficient (Wildman–Crippen LogP) is 1.44. The van der Waals surface area contributed by atoms with Crippen molar-refractivity contribution < 1.29 is 9.53 Å². The lowest BCUT2D eigenvalue weighted by Gasteiger charge is -2.26. The number of carbonyl (C=O) groups is 1. The first-order valence-electron chi connectivity index (χ1n) is 5.94. The number of carbonyl (C=O) groups excluding carboxylic acids is 1. The second-order valence-corrected chi connectivity index (χ2v) is 4.37. The average Bonchev–Trinajstić information content (AvgIpc) is 2.37. The largest absolute Gasteiger partial charge is 0.493 e. The second-order valence-electron chi connectivity index (χ2n) is 4.37. The maximum absolute atomic E-state index is 12.1. The van der Waals surface area contributed by atoms with E-state index in [0.29, 0.717) is 13.2 Å². The molecule has 0 aliphatic carbocycles. The summed E-state index contributed by atoms with van der Waals surface area (Å²) in [5.41, 5.74) is 6.48. The van der Waals surface area contributed by atoms with Crippen molar-refractivity contribution in [1.82, 2.24) is 5.32 Å². The fraction of sp³-hybridized carbons (Fsp3) is 0.462. The van der Waals surface area contributed by atoms with Gasteiger partial charge in [-0.25, -0.2) is 0 Å². The van der Waals surface area contributed by atoms with Gasteiger partial charge in [0.1, 0.15) is 5.75 Å². The third-order valence-corrected chi connectivity index (χ3v) is 3.02. The molecule has 1 amide bonds. The Kier molecular flexibility index (Phi) is 5.44. The van der Waals surface area contributed by atoms with Crippen LogP contribution in [0.5, 0.6) is 5.75 Å². The van der Waals surface area contributed by atoms with Crippen molar-refractivity contribution >= 4 is 18.3 Å². The Morgan fingerprint density at radius 3 is 3.00 bits per heavy atom. The van der Waals surface area contributed by atoms with Gasteiger partial charge in [0, 0.05) is 18.2 Å². The molecule has 0 saturated heterocycles. The molecule has 18 heavy (non-hydrogen) atoms. The molecule has 0 aromatic heterocycles. The van der Waals surface area contributed by atoms with Gasteiger partial charge in [0.25, 0.3) is 0 Å². The van der Waals surface area contributed by atoms with E-state index in [1.54, 1.807) is 0 Å². The summed E-state index contributed by atoms with van der Waals surface area (Å²) in [5, 5.41) is 2.92. The molecule has 0 spiro atoms.